The van der Waals surface area contributed by atoms with Gasteiger partial charge in [0.15, 0.2) is 0 Å². The second-order valence-electron chi connectivity index (χ2n) is 4.82. The van der Waals surface area contributed by atoms with Crippen molar-refractivity contribution in [3.63, 3.8) is 0 Å². The monoisotopic (exact) mass is 212 g/mol. The maximum atomic E-state index is 6.26. The van der Waals surface area contributed by atoms with Gasteiger partial charge < -0.3 is 5.73 Å². The fraction of sp³-hybridized carbons (Fsp3) is 0.357. The van der Waals surface area contributed by atoms with E-state index in [1.54, 1.807) is 0 Å². The van der Waals surface area contributed by atoms with Crippen LogP contribution in [0.4, 0.5) is 5.69 Å². The highest BCUT2D eigenvalue weighted by Gasteiger charge is 2.20. The molecule has 2 heteroatoms. The third kappa shape index (κ3) is 1.37. The Morgan fingerprint density at radius 1 is 1.31 bits per heavy atom. The second-order valence-corrected chi connectivity index (χ2v) is 4.82. The first kappa shape index (κ1) is 9.64. The summed E-state index contributed by atoms with van der Waals surface area (Å²) >= 11 is 0. The molecule has 2 aromatic rings. The average Bonchev–Trinajstić information content (AvgIpc) is 2.31. The summed E-state index contributed by atoms with van der Waals surface area (Å²) in [4.78, 5) is 4.73. The number of nitrogens with two attached hydrogens (primary N) is 1. The summed E-state index contributed by atoms with van der Waals surface area (Å²) in [5, 5.41) is 1.11. The summed E-state index contributed by atoms with van der Waals surface area (Å²) in [5.41, 5.74) is 10.8. The van der Waals surface area contributed by atoms with Gasteiger partial charge in [-0.25, -0.2) is 0 Å². The van der Waals surface area contributed by atoms with Gasteiger partial charge in [-0.3, -0.25) is 4.98 Å². The molecule has 0 fully saturated rings. The maximum Gasteiger partial charge on any atom is 0.0726 e. The number of hydrogen-bond acceptors (Lipinski definition) is 2. The molecule has 0 saturated heterocycles. The van der Waals surface area contributed by atoms with Gasteiger partial charge in [-0.05, 0) is 36.8 Å². The largest absolute Gasteiger partial charge is 0.398 e. The Bertz CT molecular complexity index is 546. The quantitative estimate of drug-likeness (QED) is 0.729. The lowest BCUT2D eigenvalue weighted by Gasteiger charge is -2.23. The molecule has 1 atom stereocenters. The van der Waals surface area contributed by atoms with Crippen LogP contribution >= 0.6 is 0 Å². The smallest absolute Gasteiger partial charge is 0.0726 e. The van der Waals surface area contributed by atoms with Gasteiger partial charge in [-0.15, -0.1) is 0 Å². The Hall–Kier alpha value is -1.57. The minimum absolute atomic E-state index is 0.734. The normalized spacial score (nSPS) is 19.7. The number of nitrogen functional groups attached to an aromatic ring is 1. The predicted octanol–water partition coefficient (Wildman–Crippen LogP) is 2.94. The van der Waals surface area contributed by atoms with Crippen molar-refractivity contribution in [2.75, 3.05) is 5.73 Å². The van der Waals surface area contributed by atoms with Crippen molar-refractivity contribution in [1.82, 2.24) is 4.98 Å². The van der Waals surface area contributed by atoms with Crippen LogP contribution in [0.3, 0.4) is 0 Å². The molecule has 1 aliphatic rings. The van der Waals surface area contributed by atoms with Gasteiger partial charge in [0.25, 0.3) is 0 Å². The van der Waals surface area contributed by atoms with Gasteiger partial charge in [0, 0.05) is 16.8 Å². The fourth-order valence-electron chi connectivity index (χ4n) is 2.60. The molecular formula is C14H16N2. The molecule has 1 aliphatic carbocycles. The van der Waals surface area contributed by atoms with Crippen LogP contribution < -0.4 is 5.73 Å². The van der Waals surface area contributed by atoms with E-state index in [-0.39, 0.29) is 0 Å². The first-order valence-corrected chi connectivity index (χ1v) is 5.91. The lowest BCUT2D eigenvalue weighted by molar-refractivity contribution is 0.496. The minimum Gasteiger partial charge on any atom is -0.398 e. The predicted molar refractivity (Wildman–Crippen MR) is 67.3 cm³/mol. The maximum absolute atomic E-state index is 6.26. The molecule has 0 saturated carbocycles. The zero-order chi connectivity index (χ0) is 11.1. The van der Waals surface area contributed by atoms with Gasteiger partial charge in [-0.2, -0.15) is 0 Å². The third-order valence-electron chi connectivity index (χ3n) is 3.55. The number of hydrogen-bond donors (Lipinski definition) is 1. The van der Waals surface area contributed by atoms with Crippen molar-refractivity contribution in [2.24, 2.45) is 5.92 Å². The van der Waals surface area contributed by atoms with Crippen LogP contribution in [-0.4, -0.2) is 4.98 Å². The molecule has 1 aromatic heterocycles. The molecule has 16 heavy (non-hydrogen) atoms. The number of aromatic nitrogens is 1. The third-order valence-corrected chi connectivity index (χ3v) is 3.55. The molecule has 82 valence electrons. The standard InChI is InChI=1S/C14H16N2/c1-9-6-7-13-11(8-9)14(15)10-4-2-3-5-12(10)16-13/h2-5,9H,6-8H2,1H3,(H2,15,16)/t9-/m1/s1. The van der Waals surface area contributed by atoms with Crippen LogP contribution in [0, 0.1) is 5.92 Å². The Labute approximate surface area is 95.5 Å². The molecule has 1 heterocycles. The molecule has 0 amide bonds. The fourth-order valence-corrected chi connectivity index (χ4v) is 2.60. The molecule has 0 unspecified atom stereocenters. The van der Waals surface area contributed by atoms with Crippen molar-refractivity contribution in [3.05, 3.63) is 35.5 Å². The van der Waals surface area contributed by atoms with Gasteiger partial charge >= 0.3 is 0 Å². The molecule has 3 rings (SSSR count). The zero-order valence-electron chi connectivity index (χ0n) is 9.53. The summed E-state index contributed by atoms with van der Waals surface area (Å²) in [6, 6.07) is 8.16. The molecule has 0 aliphatic heterocycles. The van der Waals surface area contributed by atoms with Gasteiger partial charge in [0.1, 0.15) is 0 Å². The van der Waals surface area contributed by atoms with Crippen molar-refractivity contribution < 1.29 is 0 Å². The molecule has 0 radical (unpaired) electrons. The highest BCUT2D eigenvalue weighted by Crippen LogP contribution is 2.32. The highest BCUT2D eigenvalue weighted by atomic mass is 14.7. The number of anilines is 1. The van der Waals surface area contributed by atoms with Crippen LogP contribution in [0.5, 0.6) is 0 Å². The van der Waals surface area contributed by atoms with E-state index in [9.17, 15) is 0 Å². The highest BCUT2D eigenvalue weighted by molar-refractivity contribution is 5.92. The summed E-state index contributed by atoms with van der Waals surface area (Å²) < 4.78 is 0. The van der Waals surface area contributed by atoms with Gasteiger partial charge in [-0.1, -0.05) is 25.1 Å². The van der Waals surface area contributed by atoms with E-state index in [1.165, 1.54) is 17.7 Å². The topological polar surface area (TPSA) is 38.9 Å². The Balaban J connectivity index is 2.29. The Morgan fingerprint density at radius 2 is 2.12 bits per heavy atom. The van der Waals surface area contributed by atoms with E-state index < -0.39 is 0 Å². The van der Waals surface area contributed by atoms with Crippen LogP contribution in [0.1, 0.15) is 24.6 Å². The van der Waals surface area contributed by atoms with Crippen molar-refractivity contribution in [2.45, 2.75) is 26.2 Å². The molecule has 0 bridgehead atoms. The molecule has 2 N–H and O–H groups in total. The van der Waals surface area contributed by atoms with Crippen LogP contribution in [-0.2, 0) is 12.8 Å². The average molecular weight is 212 g/mol. The number of rotatable bonds is 0. The van der Waals surface area contributed by atoms with E-state index in [0.29, 0.717) is 0 Å². The summed E-state index contributed by atoms with van der Waals surface area (Å²) in [6.07, 6.45) is 3.39. The summed E-state index contributed by atoms with van der Waals surface area (Å²) in [5.74, 6) is 0.734. The van der Waals surface area contributed by atoms with Crippen LogP contribution in [0.15, 0.2) is 24.3 Å². The molecular weight excluding hydrogens is 196 g/mol. The van der Waals surface area contributed by atoms with E-state index in [2.05, 4.69) is 13.0 Å². The van der Waals surface area contributed by atoms with Gasteiger partial charge in [0.05, 0.1) is 5.52 Å². The van der Waals surface area contributed by atoms with Crippen molar-refractivity contribution in [3.8, 4) is 0 Å². The van der Waals surface area contributed by atoms with E-state index in [1.807, 2.05) is 18.2 Å². The number of para-hydroxylation sites is 1. The lowest BCUT2D eigenvalue weighted by atomic mass is 9.86. The molecule has 0 spiro atoms. The van der Waals surface area contributed by atoms with Crippen molar-refractivity contribution >= 4 is 16.6 Å². The number of pyridine rings is 1. The van der Waals surface area contributed by atoms with E-state index in [4.69, 9.17) is 10.7 Å². The number of fused-ring (bicyclic) bond motifs is 2. The van der Waals surface area contributed by atoms with E-state index >= 15 is 0 Å². The molecule has 2 nitrogen and oxygen atoms in total. The number of nitrogens with zero attached hydrogens (tertiary/aromatic N) is 1. The second kappa shape index (κ2) is 3.48. The summed E-state index contributed by atoms with van der Waals surface area (Å²) in [7, 11) is 0. The van der Waals surface area contributed by atoms with E-state index in [0.717, 1.165) is 35.3 Å². The minimum atomic E-state index is 0.734. The van der Waals surface area contributed by atoms with Crippen LogP contribution in [0.2, 0.25) is 0 Å². The first-order chi connectivity index (χ1) is 7.75. The number of benzene rings is 1. The molecule has 1 aromatic carbocycles. The zero-order valence-corrected chi connectivity index (χ0v) is 9.53. The lowest BCUT2D eigenvalue weighted by Crippen LogP contribution is -2.15. The number of aryl methyl sites for hydroxylation is 1. The van der Waals surface area contributed by atoms with Gasteiger partial charge in [0.2, 0.25) is 0 Å². The van der Waals surface area contributed by atoms with Crippen LogP contribution in [0.25, 0.3) is 10.9 Å². The SMILES string of the molecule is C[C@@H]1CCc2nc3ccccc3c(N)c2C1. The van der Waals surface area contributed by atoms with Crippen molar-refractivity contribution in [1.29, 1.82) is 0 Å². The Kier molecular flexibility index (Phi) is 2.10. The Morgan fingerprint density at radius 3 is 3.00 bits per heavy atom. The summed E-state index contributed by atoms with van der Waals surface area (Å²) in [6.45, 7) is 2.29. The first-order valence-electron chi connectivity index (χ1n) is 5.91.